The molecule has 0 saturated heterocycles. The van der Waals surface area contributed by atoms with E-state index in [1.807, 2.05) is 10.5 Å². The van der Waals surface area contributed by atoms with Crippen LogP contribution in [0, 0.1) is 0 Å². The van der Waals surface area contributed by atoms with E-state index in [2.05, 4.69) is 37.3 Å². The molecule has 0 aromatic carbocycles. The van der Waals surface area contributed by atoms with E-state index in [1.165, 1.54) is 11.9 Å². The van der Waals surface area contributed by atoms with Gasteiger partial charge in [-0.3, -0.25) is 0 Å². The Hall–Kier alpha value is 0.290. The monoisotopic (exact) mass is 192 g/mol. The number of hydrogen-bond acceptors (Lipinski definition) is 5. The summed E-state index contributed by atoms with van der Waals surface area (Å²) in [6, 6.07) is 0. The maximum atomic E-state index is 4.17. The summed E-state index contributed by atoms with van der Waals surface area (Å²) in [6.07, 6.45) is 1.81. The number of hydrogen-bond donors (Lipinski definition) is 3. The zero-order valence-electron chi connectivity index (χ0n) is 5.24. The molecule has 1 N–H and O–H groups in total. The van der Waals surface area contributed by atoms with Crippen molar-refractivity contribution in [1.29, 1.82) is 0 Å². The van der Waals surface area contributed by atoms with Gasteiger partial charge in [0.1, 0.15) is 5.03 Å². The molecule has 0 spiro atoms. The van der Waals surface area contributed by atoms with Crippen LogP contribution in [0.3, 0.4) is 0 Å². The van der Waals surface area contributed by atoms with Crippen molar-refractivity contribution in [1.82, 2.24) is 9.84 Å². The van der Waals surface area contributed by atoms with E-state index < -0.39 is 0 Å². The average Bonchev–Trinajstić information content (AvgIpc) is 2.14. The first-order valence-electron chi connectivity index (χ1n) is 2.69. The van der Waals surface area contributed by atoms with Crippen molar-refractivity contribution < 1.29 is 0 Å². The van der Waals surface area contributed by atoms with Gasteiger partial charge in [-0.15, -0.1) is 31.8 Å². The highest BCUT2D eigenvalue weighted by atomic mass is 32.2. The molecular formula is C5H8N2S3. The first-order chi connectivity index (χ1) is 4.74. The van der Waals surface area contributed by atoms with Gasteiger partial charge in [-0.05, 0) is 11.9 Å². The summed E-state index contributed by atoms with van der Waals surface area (Å²) in [5.41, 5.74) is 3.00. The minimum absolute atomic E-state index is 0.777. The van der Waals surface area contributed by atoms with Crippen LogP contribution < -0.4 is 5.43 Å². The molecule has 56 valence electrons. The van der Waals surface area contributed by atoms with Gasteiger partial charge in [0, 0.05) is 6.54 Å². The maximum absolute atomic E-state index is 4.17. The number of nitrogens with one attached hydrogen (secondary N) is 1. The lowest BCUT2D eigenvalue weighted by Gasteiger charge is -2.11. The molecule has 0 aromatic rings. The number of thiol groups is 2. The molecule has 1 aliphatic heterocycles. The second-order valence-electron chi connectivity index (χ2n) is 1.71. The molecule has 0 fully saturated rings. The van der Waals surface area contributed by atoms with Gasteiger partial charge < -0.3 is 5.43 Å². The van der Waals surface area contributed by atoms with Gasteiger partial charge in [0.05, 0.1) is 4.24 Å². The minimum atomic E-state index is 0.777. The molecule has 0 radical (unpaired) electrons. The Kier molecular flexibility index (Phi) is 3.03. The van der Waals surface area contributed by atoms with Gasteiger partial charge in [-0.2, -0.15) is 4.41 Å². The smallest absolute Gasteiger partial charge is 0.102 e. The number of rotatable bonds is 2. The summed E-state index contributed by atoms with van der Waals surface area (Å²) in [5.74, 6) is 0. The molecule has 0 unspecified atom stereocenters. The molecule has 2 nitrogen and oxygen atoms in total. The summed E-state index contributed by atoms with van der Waals surface area (Å²) in [6.45, 7) is 4.39. The third kappa shape index (κ3) is 1.88. The van der Waals surface area contributed by atoms with Crippen molar-refractivity contribution in [3.05, 3.63) is 21.9 Å². The fourth-order valence-corrected chi connectivity index (χ4v) is 1.85. The Morgan fingerprint density at radius 2 is 2.40 bits per heavy atom. The van der Waals surface area contributed by atoms with Crippen LogP contribution in [-0.2, 0) is 0 Å². The predicted octanol–water partition coefficient (Wildman–Crippen LogP) is 1.63. The molecule has 1 heterocycles. The first kappa shape index (κ1) is 8.39. The minimum Gasteiger partial charge on any atom is -0.302 e. The van der Waals surface area contributed by atoms with Crippen molar-refractivity contribution in [3.63, 3.8) is 0 Å². The predicted molar refractivity (Wildman–Crippen MR) is 52.6 cm³/mol. The van der Waals surface area contributed by atoms with E-state index in [0.29, 0.717) is 0 Å². The second kappa shape index (κ2) is 3.61. The van der Waals surface area contributed by atoms with Crippen molar-refractivity contribution in [2.45, 2.75) is 0 Å². The number of nitrogens with zero attached hydrogens (tertiary/aromatic N) is 1. The van der Waals surface area contributed by atoms with Gasteiger partial charge in [0.2, 0.25) is 0 Å². The molecule has 0 aliphatic carbocycles. The van der Waals surface area contributed by atoms with Crippen LogP contribution in [0.4, 0.5) is 0 Å². The molecular weight excluding hydrogens is 184 g/mol. The Morgan fingerprint density at radius 1 is 1.70 bits per heavy atom. The molecule has 0 saturated carbocycles. The third-order valence-electron chi connectivity index (χ3n) is 0.925. The van der Waals surface area contributed by atoms with E-state index in [0.717, 1.165) is 15.8 Å². The lowest BCUT2D eigenvalue weighted by molar-refractivity contribution is 0.458. The molecule has 5 heteroatoms. The van der Waals surface area contributed by atoms with Crippen molar-refractivity contribution >= 4 is 37.2 Å². The van der Waals surface area contributed by atoms with Crippen LogP contribution in [0.25, 0.3) is 0 Å². The Labute approximate surface area is 75.7 Å². The quantitative estimate of drug-likeness (QED) is 0.350. The van der Waals surface area contributed by atoms with Crippen LogP contribution in [0.15, 0.2) is 21.9 Å². The van der Waals surface area contributed by atoms with E-state index in [1.54, 1.807) is 0 Å². The van der Waals surface area contributed by atoms with Gasteiger partial charge in [0.25, 0.3) is 0 Å². The molecule has 0 amide bonds. The van der Waals surface area contributed by atoms with Crippen molar-refractivity contribution in [3.8, 4) is 0 Å². The van der Waals surface area contributed by atoms with Crippen LogP contribution in [0.2, 0.25) is 0 Å². The van der Waals surface area contributed by atoms with Crippen molar-refractivity contribution in [2.24, 2.45) is 0 Å². The Balaban J connectivity index is 2.43. The first-order valence-corrected chi connectivity index (χ1v) is 4.36. The summed E-state index contributed by atoms with van der Waals surface area (Å²) < 4.78 is 2.79. The van der Waals surface area contributed by atoms with Gasteiger partial charge in [0.15, 0.2) is 0 Å². The SMILES string of the molecule is C=CCN1NC(S)=C(S)S1. The molecule has 0 bridgehead atoms. The van der Waals surface area contributed by atoms with E-state index in [4.69, 9.17) is 0 Å². The van der Waals surface area contributed by atoms with E-state index >= 15 is 0 Å². The molecule has 1 rings (SSSR count). The van der Waals surface area contributed by atoms with Gasteiger partial charge in [-0.25, -0.2) is 0 Å². The summed E-state index contributed by atoms with van der Waals surface area (Å²) >= 11 is 9.82. The Morgan fingerprint density at radius 3 is 2.80 bits per heavy atom. The zero-order valence-corrected chi connectivity index (χ0v) is 7.85. The zero-order chi connectivity index (χ0) is 7.56. The van der Waals surface area contributed by atoms with Gasteiger partial charge in [-0.1, -0.05) is 6.08 Å². The highest BCUT2D eigenvalue weighted by Crippen LogP contribution is 2.32. The number of hydrazine groups is 1. The van der Waals surface area contributed by atoms with Gasteiger partial charge >= 0.3 is 0 Å². The molecule has 0 aromatic heterocycles. The largest absolute Gasteiger partial charge is 0.302 e. The standard InChI is InChI=1S/C5H8N2S3/c1-2-3-7-6-4(8)5(9)10-7/h2,6,8-9H,1,3H2. The van der Waals surface area contributed by atoms with Crippen LogP contribution in [0.5, 0.6) is 0 Å². The summed E-state index contributed by atoms with van der Waals surface area (Å²) in [4.78, 5) is 0. The lowest BCUT2D eigenvalue weighted by Crippen LogP contribution is -2.25. The van der Waals surface area contributed by atoms with E-state index in [9.17, 15) is 0 Å². The fourth-order valence-electron chi connectivity index (χ4n) is 0.537. The summed E-state index contributed by atoms with van der Waals surface area (Å²) in [7, 11) is 0. The Bertz CT molecular complexity index is 164. The lowest BCUT2D eigenvalue weighted by atomic mass is 10.7. The average molecular weight is 192 g/mol. The van der Waals surface area contributed by atoms with Crippen LogP contribution in [-0.4, -0.2) is 11.0 Å². The molecule has 1 aliphatic rings. The topological polar surface area (TPSA) is 15.3 Å². The third-order valence-corrected chi connectivity index (χ3v) is 2.88. The van der Waals surface area contributed by atoms with Crippen LogP contribution >= 0.6 is 37.2 Å². The second-order valence-corrected chi connectivity index (χ2v) is 3.94. The maximum Gasteiger partial charge on any atom is 0.102 e. The van der Waals surface area contributed by atoms with Crippen LogP contribution in [0.1, 0.15) is 0 Å². The fraction of sp³-hybridized carbons (Fsp3) is 0.200. The summed E-state index contributed by atoms with van der Waals surface area (Å²) in [5, 5.41) is 0.801. The highest BCUT2D eigenvalue weighted by Gasteiger charge is 2.15. The van der Waals surface area contributed by atoms with Crippen molar-refractivity contribution in [2.75, 3.05) is 6.54 Å². The molecule has 10 heavy (non-hydrogen) atoms. The molecule has 0 atom stereocenters. The normalized spacial score (nSPS) is 19.4. The van der Waals surface area contributed by atoms with E-state index in [-0.39, 0.29) is 0 Å². The highest BCUT2D eigenvalue weighted by molar-refractivity contribution is 8.15.